The zero-order valence-electron chi connectivity index (χ0n) is 13.2. The summed E-state index contributed by atoms with van der Waals surface area (Å²) in [5.41, 5.74) is 0.520. The van der Waals surface area contributed by atoms with Gasteiger partial charge in [-0.25, -0.2) is 0 Å². The molecule has 1 amide bonds. The third kappa shape index (κ3) is 2.02. The summed E-state index contributed by atoms with van der Waals surface area (Å²) < 4.78 is 5.06. The van der Waals surface area contributed by atoms with Crippen LogP contribution in [0.25, 0.3) is 0 Å². The van der Waals surface area contributed by atoms with Crippen molar-refractivity contribution >= 4 is 11.7 Å². The summed E-state index contributed by atoms with van der Waals surface area (Å²) >= 11 is 0. The highest BCUT2D eigenvalue weighted by atomic mass is 16.5. The number of anilines is 1. The first kappa shape index (κ1) is 13.4. The van der Waals surface area contributed by atoms with E-state index in [1.807, 2.05) is 6.92 Å². The molecule has 1 heterocycles. The fraction of sp³-hybridized carbons (Fsp3) is 0.765. The molecule has 1 aromatic heterocycles. The fourth-order valence-corrected chi connectivity index (χ4v) is 6.38. The van der Waals surface area contributed by atoms with E-state index < -0.39 is 0 Å². The maximum atomic E-state index is 13.0. The van der Waals surface area contributed by atoms with Crippen LogP contribution in [0.1, 0.15) is 58.1 Å². The van der Waals surface area contributed by atoms with Crippen LogP contribution in [0.2, 0.25) is 0 Å². The largest absolute Gasteiger partial charge is 0.360 e. The number of carbonyl (C=O) groups is 1. The topological polar surface area (TPSA) is 55.1 Å². The monoisotopic (exact) mass is 288 g/mol. The Hall–Kier alpha value is -1.32. The smallest absolute Gasteiger partial charge is 0.231 e. The van der Waals surface area contributed by atoms with Gasteiger partial charge in [-0.2, -0.15) is 0 Å². The van der Waals surface area contributed by atoms with Crippen LogP contribution in [-0.4, -0.2) is 11.1 Å². The predicted octanol–water partition coefficient (Wildman–Crippen LogP) is 3.92. The molecule has 114 valence electrons. The molecule has 4 aliphatic carbocycles. The Morgan fingerprint density at radius 3 is 2.43 bits per heavy atom. The average molecular weight is 288 g/mol. The van der Waals surface area contributed by atoms with E-state index in [1.165, 1.54) is 19.3 Å². The quantitative estimate of drug-likeness (QED) is 0.897. The van der Waals surface area contributed by atoms with Gasteiger partial charge < -0.3 is 9.84 Å². The molecule has 4 fully saturated rings. The first-order valence-electron chi connectivity index (χ1n) is 8.05. The molecule has 4 bridgehead atoms. The summed E-state index contributed by atoms with van der Waals surface area (Å²) in [6, 6.07) is 1.79. The number of hydrogen-bond acceptors (Lipinski definition) is 3. The Kier molecular flexibility index (Phi) is 2.48. The van der Waals surface area contributed by atoms with Crippen LogP contribution in [0.15, 0.2) is 10.6 Å². The van der Waals surface area contributed by atoms with Gasteiger partial charge in [0.15, 0.2) is 5.82 Å². The highest BCUT2D eigenvalue weighted by molar-refractivity contribution is 5.95. The van der Waals surface area contributed by atoms with E-state index in [0.29, 0.717) is 16.6 Å². The van der Waals surface area contributed by atoms with E-state index in [4.69, 9.17) is 4.52 Å². The maximum absolute atomic E-state index is 13.0. The lowest BCUT2D eigenvalue weighted by atomic mass is 9.40. The summed E-state index contributed by atoms with van der Waals surface area (Å²) in [5, 5.41) is 6.92. The molecular weight excluding hydrogens is 264 g/mol. The van der Waals surface area contributed by atoms with Gasteiger partial charge in [-0.3, -0.25) is 4.79 Å². The Morgan fingerprint density at radius 2 is 1.90 bits per heavy atom. The minimum atomic E-state index is -0.185. The number of nitrogens with zero attached hydrogens (tertiary/aromatic N) is 1. The van der Waals surface area contributed by atoms with E-state index in [2.05, 4.69) is 24.3 Å². The number of nitrogens with one attached hydrogen (secondary N) is 1. The Balaban J connectivity index is 1.63. The molecule has 4 heteroatoms. The summed E-state index contributed by atoms with van der Waals surface area (Å²) in [6.45, 7) is 6.62. The summed E-state index contributed by atoms with van der Waals surface area (Å²) in [6.07, 6.45) is 7.03. The van der Waals surface area contributed by atoms with Crippen LogP contribution in [0, 0.1) is 29.1 Å². The Morgan fingerprint density at radius 1 is 1.24 bits per heavy atom. The molecular formula is C17H24N2O2. The van der Waals surface area contributed by atoms with Gasteiger partial charge in [-0.05, 0) is 62.2 Å². The van der Waals surface area contributed by atoms with Crippen LogP contribution < -0.4 is 5.32 Å². The zero-order chi connectivity index (χ0) is 14.9. The van der Waals surface area contributed by atoms with Crippen LogP contribution >= 0.6 is 0 Å². The molecule has 5 rings (SSSR count). The first-order valence-corrected chi connectivity index (χ1v) is 8.05. The number of rotatable bonds is 2. The van der Waals surface area contributed by atoms with E-state index in [-0.39, 0.29) is 11.3 Å². The molecule has 1 aromatic rings. The van der Waals surface area contributed by atoms with E-state index in [9.17, 15) is 4.79 Å². The second-order valence-corrected chi connectivity index (χ2v) is 8.69. The van der Waals surface area contributed by atoms with Crippen LogP contribution in [0.4, 0.5) is 5.82 Å². The second-order valence-electron chi connectivity index (χ2n) is 8.69. The molecule has 0 aromatic carbocycles. The summed E-state index contributed by atoms with van der Waals surface area (Å²) in [4.78, 5) is 13.0. The molecule has 2 atom stereocenters. The first-order chi connectivity index (χ1) is 9.80. The van der Waals surface area contributed by atoms with Gasteiger partial charge in [-0.1, -0.05) is 19.0 Å². The van der Waals surface area contributed by atoms with Crippen molar-refractivity contribution in [3.05, 3.63) is 11.8 Å². The molecule has 0 saturated heterocycles. The lowest BCUT2D eigenvalue weighted by Crippen LogP contribution is -2.58. The maximum Gasteiger partial charge on any atom is 0.231 e. The molecule has 1 N–H and O–H groups in total. The van der Waals surface area contributed by atoms with Gasteiger partial charge >= 0.3 is 0 Å². The minimum absolute atomic E-state index is 0.164. The van der Waals surface area contributed by atoms with E-state index in [0.717, 1.165) is 30.9 Å². The molecule has 0 aliphatic heterocycles. The lowest BCUT2D eigenvalue weighted by Gasteiger charge is -2.64. The molecule has 2 unspecified atom stereocenters. The molecule has 0 radical (unpaired) electrons. The van der Waals surface area contributed by atoms with Crippen molar-refractivity contribution in [1.29, 1.82) is 0 Å². The Labute approximate surface area is 125 Å². The van der Waals surface area contributed by atoms with Gasteiger partial charge in [0.25, 0.3) is 0 Å². The lowest BCUT2D eigenvalue weighted by molar-refractivity contribution is -0.165. The van der Waals surface area contributed by atoms with Crippen molar-refractivity contribution in [2.24, 2.45) is 22.2 Å². The third-order valence-corrected chi connectivity index (χ3v) is 5.98. The molecule has 21 heavy (non-hydrogen) atoms. The van der Waals surface area contributed by atoms with Crippen LogP contribution in [-0.2, 0) is 4.79 Å². The Bertz CT molecular complexity index is 588. The van der Waals surface area contributed by atoms with Crippen molar-refractivity contribution in [3.63, 3.8) is 0 Å². The number of carbonyl (C=O) groups excluding carboxylic acids is 1. The van der Waals surface area contributed by atoms with Gasteiger partial charge in [0.1, 0.15) is 5.76 Å². The number of aromatic nitrogens is 1. The van der Waals surface area contributed by atoms with Crippen molar-refractivity contribution in [2.45, 2.75) is 59.3 Å². The van der Waals surface area contributed by atoms with E-state index >= 15 is 0 Å². The molecule has 0 spiro atoms. The van der Waals surface area contributed by atoms with Crippen LogP contribution in [0.5, 0.6) is 0 Å². The number of aryl methyl sites for hydroxylation is 1. The van der Waals surface area contributed by atoms with Crippen molar-refractivity contribution in [2.75, 3.05) is 5.32 Å². The highest BCUT2D eigenvalue weighted by Crippen LogP contribution is 2.69. The number of hydrogen-bond donors (Lipinski definition) is 1. The van der Waals surface area contributed by atoms with Crippen molar-refractivity contribution < 1.29 is 9.32 Å². The van der Waals surface area contributed by atoms with Crippen LogP contribution in [0.3, 0.4) is 0 Å². The van der Waals surface area contributed by atoms with Crippen molar-refractivity contribution in [1.82, 2.24) is 5.16 Å². The molecule has 4 nitrogen and oxygen atoms in total. The van der Waals surface area contributed by atoms with Gasteiger partial charge in [0.2, 0.25) is 5.91 Å². The van der Waals surface area contributed by atoms with Gasteiger partial charge in [0, 0.05) is 6.07 Å². The second kappa shape index (κ2) is 3.90. The normalized spacial score (nSPS) is 44.0. The standard InChI is InChI=1S/C17H24N2O2/c1-11-4-13(19-21-11)18-14(20)17-7-12-5-15(2,9-17)8-16(3,6-12)10-17/h4,12H,5-10H2,1-3H3,(H,18,19,20). The average Bonchev–Trinajstić information content (AvgIpc) is 2.69. The number of amides is 1. The zero-order valence-corrected chi connectivity index (χ0v) is 13.2. The predicted molar refractivity (Wildman–Crippen MR) is 79.7 cm³/mol. The summed E-state index contributed by atoms with van der Waals surface area (Å²) in [5.74, 6) is 2.18. The van der Waals surface area contributed by atoms with Gasteiger partial charge in [0.05, 0.1) is 5.41 Å². The molecule has 4 saturated carbocycles. The highest BCUT2D eigenvalue weighted by Gasteiger charge is 2.62. The third-order valence-electron chi connectivity index (χ3n) is 5.98. The minimum Gasteiger partial charge on any atom is -0.360 e. The molecule has 4 aliphatic rings. The van der Waals surface area contributed by atoms with Gasteiger partial charge in [-0.15, -0.1) is 0 Å². The summed E-state index contributed by atoms with van der Waals surface area (Å²) in [7, 11) is 0. The fourth-order valence-electron chi connectivity index (χ4n) is 6.38. The van der Waals surface area contributed by atoms with Crippen molar-refractivity contribution in [3.8, 4) is 0 Å². The van der Waals surface area contributed by atoms with E-state index in [1.54, 1.807) is 6.07 Å². The SMILES string of the molecule is Cc1cc(NC(=O)C23CC4CC(C)(CC(C)(C4)C2)C3)no1.